The van der Waals surface area contributed by atoms with E-state index in [1.807, 2.05) is 13.8 Å². The van der Waals surface area contributed by atoms with Gasteiger partial charge in [0.2, 0.25) is 0 Å². The normalized spacial score (nSPS) is 12.7. The number of nitrogens with zero attached hydrogens (tertiary/aromatic N) is 1. The molecule has 0 amide bonds. The van der Waals surface area contributed by atoms with E-state index in [4.69, 9.17) is 15.4 Å². The maximum absolute atomic E-state index is 10.4. The lowest BCUT2D eigenvalue weighted by Gasteiger charge is -2.09. The Morgan fingerprint density at radius 3 is 2.73 bits per heavy atom. The maximum atomic E-state index is 10.4. The maximum Gasteiger partial charge on any atom is 0.303 e. The zero-order valence-electron chi connectivity index (χ0n) is 8.99. The fourth-order valence-corrected chi connectivity index (χ4v) is 1.47. The number of carboxylic acids is 1. The molecule has 0 aliphatic heterocycles. The molecule has 5 heteroatoms. The summed E-state index contributed by atoms with van der Waals surface area (Å²) in [5.41, 5.74) is 7.64. The van der Waals surface area contributed by atoms with E-state index in [0.717, 1.165) is 17.0 Å². The van der Waals surface area contributed by atoms with Gasteiger partial charge in [0, 0.05) is 18.0 Å². The molecule has 0 aliphatic rings. The van der Waals surface area contributed by atoms with Gasteiger partial charge in [0.25, 0.3) is 0 Å². The van der Waals surface area contributed by atoms with Gasteiger partial charge in [0.1, 0.15) is 5.76 Å². The Kier molecular flexibility index (Phi) is 3.85. The topological polar surface area (TPSA) is 89.4 Å². The fraction of sp³-hybridized carbons (Fsp3) is 0.600. The van der Waals surface area contributed by atoms with Crippen molar-refractivity contribution >= 4 is 5.97 Å². The van der Waals surface area contributed by atoms with Gasteiger partial charge in [-0.05, 0) is 26.7 Å². The van der Waals surface area contributed by atoms with E-state index < -0.39 is 5.97 Å². The van der Waals surface area contributed by atoms with Gasteiger partial charge in [-0.15, -0.1) is 0 Å². The molecule has 15 heavy (non-hydrogen) atoms. The second-order valence-electron chi connectivity index (χ2n) is 3.70. The highest BCUT2D eigenvalue weighted by Gasteiger charge is 2.13. The molecule has 1 aromatic rings. The van der Waals surface area contributed by atoms with E-state index in [0.29, 0.717) is 12.8 Å². The summed E-state index contributed by atoms with van der Waals surface area (Å²) in [5, 5.41) is 12.3. The highest BCUT2D eigenvalue weighted by molar-refractivity contribution is 5.66. The van der Waals surface area contributed by atoms with E-state index in [1.54, 1.807) is 0 Å². The van der Waals surface area contributed by atoms with Crippen LogP contribution in [0.1, 0.15) is 29.9 Å². The van der Waals surface area contributed by atoms with Gasteiger partial charge in [-0.25, -0.2) is 0 Å². The summed E-state index contributed by atoms with van der Waals surface area (Å²) in [5.74, 6) is -0.0533. The molecule has 0 aliphatic carbocycles. The first-order chi connectivity index (χ1) is 7.00. The van der Waals surface area contributed by atoms with Crippen molar-refractivity contribution in [3.63, 3.8) is 0 Å². The molecule has 0 aromatic carbocycles. The van der Waals surface area contributed by atoms with Crippen LogP contribution in [0.2, 0.25) is 0 Å². The lowest BCUT2D eigenvalue weighted by atomic mass is 10.0. The van der Waals surface area contributed by atoms with E-state index in [2.05, 4.69) is 5.16 Å². The molecule has 5 nitrogen and oxygen atoms in total. The van der Waals surface area contributed by atoms with Crippen molar-refractivity contribution in [2.24, 2.45) is 5.73 Å². The Balaban J connectivity index is 2.51. The molecule has 0 radical (unpaired) electrons. The second kappa shape index (κ2) is 4.93. The van der Waals surface area contributed by atoms with Crippen LogP contribution in [0.3, 0.4) is 0 Å². The molecular formula is C10H16N2O3. The van der Waals surface area contributed by atoms with Gasteiger partial charge >= 0.3 is 5.97 Å². The lowest BCUT2D eigenvalue weighted by Crippen LogP contribution is -2.24. The number of carbonyl (C=O) groups is 1. The van der Waals surface area contributed by atoms with E-state index >= 15 is 0 Å². The molecule has 0 fully saturated rings. The smallest absolute Gasteiger partial charge is 0.303 e. The van der Waals surface area contributed by atoms with Gasteiger partial charge in [-0.3, -0.25) is 4.79 Å². The number of aryl methyl sites for hydroxylation is 2. The largest absolute Gasteiger partial charge is 0.481 e. The first-order valence-corrected chi connectivity index (χ1v) is 4.89. The number of hydrogen-bond acceptors (Lipinski definition) is 4. The molecule has 1 atom stereocenters. The second-order valence-corrected chi connectivity index (χ2v) is 3.70. The summed E-state index contributed by atoms with van der Waals surface area (Å²) in [6.45, 7) is 3.69. The van der Waals surface area contributed by atoms with Crippen LogP contribution >= 0.6 is 0 Å². The van der Waals surface area contributed by atoms with Crippen LogP contribution in [0.4, 0.5) is 0 Å². The van der Waals surface area contributed by atoms with Gasteiger partial charge < -0.3 is 15.4 Å². The predicted molar refractivity (Wildman–Crippen MR) is 54.5 cm³/mol. The molecule has 3 N–H and O–H groups in total. The van der Waals surface area contributed by atoms with Gasteiger partial charge in [-0.2, -0.15) is 0 Å². The molecule has 1 unspecified atom stereocenters. The van der Waals surface area contributed by atoms with Crippen molar-refractivity contribution in [3.8, 4) is 0 Å². The monoisotopic (exact) mass is 212 g/mol. The molecule has 0 spiro atoms. The minimum absolute atomic E-state index is 0.102. The molecule has 1 aromatic heterocycles. The summed E-state index contributed by atoms with van der Waals surface area (Å²) in [6.07, 6.45) is 1.19. The molecule has 0 saturated carbocycles. The molecule has 84 valence electrons. The summed E-state index contributed by atoms with van der Waals surface area (Å²) in [7, 11) is 0. The first kappa shape index (κ1) is 11.7. The highest BCUT2D eigenvalue weighted by Crippen LogP contribution is 2.15. The van der Waals surface area contributed by atoms with Crippen molar-refractivity contribution in [2.75, 3.05) is 0 Å². The Labute approximate surface area is 88.2 Å². The van der Waals surface area contributed by atoms with Crippen LogP contribution in [-0.2, 0) is 11.2 Å². The average molecular weight is 212 g/mol. The van der Waals surface area contributed by atoms with Gasteiger partial charge in [0.15, 0.2) is 0 Å². The van der Waals surface area contributed by atoms with Crippen LogP contribution in [0, 0.1) is 13.8 Å². The van der Waals surface area contributed by atoms with Crippen molar-refractivity contribution in [3.05, 3.63) is 17.0 Å². The summed E-state index contributed by atoms with van der Waals surface area (Å²) in [4.78, 5) is 10.4. The minimum Gasteiger partial charge on any atom is -0.481 e. The zero-order valence-corrected chi connectivity index (χ0v) is 8.99. The van der Waals surface area contributed by atoms with Crippen LogP contribution in [-0.4, -0.2) is 22.3 Å². The summed E-state index contributed by atoms with van der Waals surface area (Å²) < 4.78 is 5.00. The van der Waals surface area contributed by atoms with Crippen molar-refractivity contribution in [1.82, 2.24) is 5.16 Å². The number of aliphatic carboxylic acids is 1. The van der Waals surface area contributed by atoms with Crippen LogP contribution in [0.15, 0.2) is 4.52 Å². The fourth-order valence-electron chi connectivity index (χ4n) is 1.47. The minimum atomic E-state index is -0.816. The number of hydrogen-bond donors (Lipinski definition) is 2. The Morgan fingerprint density at radius 1 is 1.60 bits per heavy atom. The summed E-state index contributed by atoms with van der Waals surface area (Å²) in [6, 6.07) is -0.155. The Bertz CT molecular complexity index is 327. The molecule has 1 heterocycles. The van der Waals surface area contributed by atoms with Gasteiger partial charge in [0.05, 0.1) is 5.69 Å². The van der Waals surface area contributed by atoms with E-state index in [-0.39, 0.29) is 12.5 Å². The number of rotatable bonds is 5. The van der Waals surface area contributed by atoms with Crippen LogP contribution < -0.4 is 5.73 Å². The Morgan fingerprint density at radius 2 is 2.27 bits per heavy atom. The standard InChI is InChI=1S/C10H16N2O3/c1-6-9(7(2)15-12-6)5-8(11)3-4-10(13)14/h8H,3-5,11H2,1-2H3,(H,13,14). The number of carboxylic acid groups (broad SMARTS) is 1. The highest BCUT2D eigenvalue weighted by atomic mass is 16.5. The first-order valence-electron chi connectivity index (χ1n) is 4.89. The average Bonchev–Trinajstić information content (AvgIpc) is 2.46. The van der Waals surface area contributed by atoms with Crippen molar-refractivity contribution < 1.29 is 14.4 Å². The SMILES string of the molecule is Cc1noc(C)c1CC(N)CCC(=O)O. The third-order valence-corrected chi connectivity index (χ3v) is 2.38. The number of nitrogens with two attached hydrogens (primary N) is 1. The molecule has 0 bridgehead atoms. The molecule has 1 rings (SSSR count). The third-order valence-electron chi connectivity index (χ3n) is 2.38. The van der Waals surface area contributed by atoms with Crippen LogP contribution in [0.5, 0.6) is 0 Å². The molecular weight excluding hydrogens is 196 g/mol. The Hall–Kier alpha value is -1.36. The third kappa shape index (κ3) is 3.36. The number of aromatic nitrogens is 1. The summed E-state index contributed by atoms with van der Waals surface area (Å²) >= 11 is 0. The lowest BCUT2D eigenvalue weighted by molar-refractivity contribution is -0.137. The predicted octanol–water partition coefficient (Wildman–Crippen LogP) is 1.03. The van der Waals surface area contributed by atoms with Crippen molar-refractivity contribution in [1.29, 1.82) is 0 Å². The van der Waals surface area contributed by atoms with Crippen LogP contribution in [0.25, 0.3) is 0 Å². The van der Waals surface area contributed by atoms with E-state index in [9.17, 15) is 4.79 Å². The quantitative estimate of drug-likeness (QED) is 0.760. The zero-order chi connectivity index (χ0) is 11.4. The van der Waals surface area contributed by atoms with E-state index in [1.165, 1.54) is 0 Å². The molecule has 0 saturated heterocycles. The van der Waals surface area contributed by atoms with Gasteiger partial charge in [-0.1, -0.05) is 5.16 Å². The van der Waals surface area contributed by atoms with Crippen molar-refractivity contribution in [2.45, 2.75) is 39.2 Å².